The number of piperidine rings is 1. The van der Waals surface area contributed by atoms with Crippen LogP contribution in [-0.2, 0) is 16.1 Å². The highest BCUT2D eigenvalue weighted by Crippen LogP contribution is 2.30. The molecule has 2 atom stereocenters. The molecule has 7 heteroatoms. The van der Waals surface area contributed by atoms with Gasteiger partial charge in [-0.3, -0.25) is 4.79 Å². The number of rotatable bonds is 7. The molecule has 1 aromatic rings. The zero-order chi connectivity index (χ0) is 17.8. The first-order valence-electron chi connectivity index (χ1n) is 8.96. The van der Waals surface area contributed by atoms with Gasteiger partial charge in [-0.2, -0.15) is 0 Å². The van der Waals surface area contributed by atoms with Gasteiger partial charge in [-0.05, 0) is 43.9 Å². The van der Waals surface area contributed by atoms with E-state index in [1.54, 1.807) is 19.2 Å². The van der Waals surface area contributed by atoms with Crippen LogP contribution in [0.5, 0.6) is 0 Å². The minimum atomic E-state index is -0.350. The smallest absolute Gasteiger partial charge is 0.253 e. The highest BCUT2D eigenvalue weighted by Gasteiger charge is 2.36. The maximum atomic E-state index is 14.0. The molecule has 0 aliphatic carbocycles. The molecule has 5 nitrogen and oxygen atoms in total. The SMILES string of the molecule is COCCOCc1cc(C(=O)N(C)C2CC3CCC(C2)N3)ccc1F.Cl. The molecule has 2 aliphatic heterocycles. The second-order valence-corrected chi connectivity index (χ2v) is 7.03. The van der Waals surface area contributed by atoms with Crippen LogP contribution in [0.15, 0.2) is 18.2 Å². The van der Waals surface area contributed by atoms with Crippen LogP contribution in [0.25, 0.3) is 0 Å². The topological polar surface area (TPSA) is 50.8 Å². The van der Waals surface area contributed by atoms with E-state index >= 15 is 0 Å². The van der Waals surface area contributed by atoms with Crippen molar-refractivity contribution in [1.29, 1.82) is 0 Å². The molecule has 0 radical (unpaired) electrons. The molecule has 2 bridgehead atoms. The minimum Gasteiger partial charge on any atom is -0.382 e. The highest BCUT2D eigenvalue weighted by molar-refractivity contribution is 5.94. The summed E-state index contributed by atoms with van der Waals surface area (Å²) >= 11 is 0. The lowest BCUT2D eigenvalue weighted by Crippen LogP contribution is -2.48. The number of hydrogen-bond acceptors (Lipinski definition) is 4. The van der Waals surface area contributed by atoms with Crippen LogP contribution in [0.4, 0.5) is 4.39 Å². The van der Waals surface area contributed by atoms with Gasteiger partial charge >= 0.3 is 0 Å². The lowest BCUT2D eigenvalue weighted by Gasteiger charge is -2.35. The molecular weight excluding hydrogens is 359 g/mol. The Hall–Kier alpha value is -1.21. The fourth-order valence-electron chi connectivity index (χ4n) is 3.86. The fraction of sp³-hybridized carbons (Fsp3) is 0.632. The summed E-state index contributed by atoms with van der Waals surface area (Å²) in [5, 5.41) is 3.59. The summed E-state index contributed by atoms with van der Waals surface area (Å²) in [7, 11) is 3.45. The number of halogens is 2. The largest absolute Gasteiger partial charge is 0.382 e. The van der Waals surface area contributed by atoms with Crippen LogP contribution in [0.3, 0.4) is 0 Å². The van der Waals surface area contributed by atoms with Gasteiger partial charge in [0.25, 0.3) is 5.91 Å². The summed E-state index contributed by atoms with van der Waals surface area (Å²) < 4.78 is 24.3. The van der Waals surface area contributed by atoms with Crippen molar-refractivity contribution in [2.24, 2.45) is 0 Å². The number of fused-ring (bicyclic) bond motifs is 2. The van der Waals surface area contributed by atoms with E-state index in [1.807, 2.05) is 11.9 Å². The molecule has 2 saturated heterocycles. The van der Waals surface area contributed by atoms with Gasteiger partial charge in [0.15, 0.2) is 0 Å². The number of amides is 1. The number of nitrogens with one attached hydrogen (secondary N) is 1. The summed E-state index contributed by atoms with van der Waals surface area (Å²) in [5.74, 6) is -0.402. The number of ether oxygens (including phenoxy) is 2. The van der Waals surface area contributed by atoms with E-state index in [1.165, 1.54) is 18.9 Å². The first-order valence-corrected chi connectivity index (χ1v) is 8.96. The van der Waals surface area contributed by atoms with Crippen molar-refractivity contribution in [2.45, 2.75) is 50.4 Å². The van der Waals surface area contributed by atoms with Crippen molar-refractivity contribution in [3.8, 4) is 0 Å². The molecule has 2 heterocycles. The molecule has 0 aromatic heterocycles. The molecule has 146 valence electrons. The second kappa shape index (κ2) is 9.65. The summed E-state index contributed by atoms with van der Waals surface area (Å²) in [6.07, 6.45) is 4.38. The van der Waals surface area contributed by atoms with Gasteiger partial charge in [0.1, 0.15) is 5.82 Å². The van der Waals surface area contributed by atoms with Crippen molar-refractivity contribution in [1.82, 2.24) is 10.2 Å². The molecule has 0 saturated carbocycles. The van der Waals surface area contributed by atoms with Crippen molar-refractivity contribution >= 4 is 18.3 Å². The van der Waals surface area contributed by atoms with Crippen LogP contribution in [0.2, 0.25) is 0 Å². The monoisotopic (exact) mass is 386 g/mol. The summed E-state index contributed by atoms with van der Waals surface area (Å²) in [6.45, 7) is 0.990. The summed E-state index contributed by atoms with van der Waals surface area (Å²) in [4.78, 5) is 14.7. The first-order chi connectivity index (χ1) is 12.1. The Bertz CT molecular complexity index is 604. The Morgan fingerprint density at radius 3 is 2.62 bits per heavy atom. The fourth-order valence-corrected chi connectivity index (χ4v) is 3.86. The second-order valence-electron chi connectivity index (χ2n) is 7.03. The quantitative estimate of drug-likeness (QED) is 0.732. The average molecular weight is 387 g/mol. The number of hydrogen-bond donors (Lipinski definition) is 1. The zero-order valence-electron chi connectivity index (χ0n) is 15.4. The van der Waals surface area contributed by atoms with E-state index in [9.17, 15) is 9.18 Å². The zero-order valence-corrected chi connectivity index (χ0v) is 16.2. The summed E-state index contributed by atoms with van der Waals surface area (Å²) in [5.41, 5.74) is 0.917. The number of carbonyl (C=O) groups is 1. The number of nitrogens with zero attached hydrogens (tertiary/aromatic N) is 1. The van der Waals surface area contributed by atoms with E-state index < -0.39 is 0 Å². The summed E-state index contributed by atoms with van der Waals surface area (Å²) in [6, 6.07) is 5.81. The van der Waals surface area contributed by atoms with Gasteiger partial charge in [0.05, 0.1) is 19.8 Å². The molecule has 2 fully saturated rings. The van der Waals surface area contributed by atoms with Crippen LogP contribution in [-0.4, -0.2) is 56.3 Å². The lowest BCUT2D eigenvalue weighted by molar-refractivity contribution is 0.0601. The lowest BCUT2D eigenvalue weighted by atomic mass is 9.97. The standard InChI is InChI=1S/C19H27FN2O3.ClH/c1-22(17-10-15-4-5-16(11-17)21-15)19(23)13-3-6-18(20)14(9-13)12-25-8-7-24-2;/h3,6,9,15-17,21H,4-5,7-8,10-12H2,1-2H3;1H. The van der Waals surface area contributed by atoms with Crippen LogP contribution >= 0.6 is 12.4 Å². The maximum Gasteiger partial charge on any atom is 0.253 e. The Balaban J connectivity index is 0.00000243. The van der Waals surface area contributed by atoms with Gasteiger partial charge in [-0.25, -0.2) is 4.39 Å². The first kappa shape index (κ1) is 21.1. The van der Waals surface area contributed by atoms with Crippen molar-refractivity contribution in [3.05, 3.63) is 35.1 Å². The molecule has 1 N–H and O–H groups in total. The van der Waals surface area contributed by atoms with E-state index in [2.05, 4.69) is 5.32 Å². The normalized spacial score (nSPS) is 24.2. The van der Waals surface area contributed by atoms with Crippen LogP contribution < -0.4 is 5.32 Å². The van der Waals surface area contributed by atoms with E-state index in [0.29, 0.717) is 36.4 Å². The van der Waals surface area contributed by atoms with Crippen molar-refractivity contribution < 1.29 is 18.7 Å². The molecule has 26 heavy (non-hydrogen) atoms. The molecule has 2 unspecified atom stereocenters. The average Bonchev–Trinajstić information content (AvgIpc) is 2.96. The Labute approximate surface area is 160 Å². The molecular formula is C19H28ClFN2O3. The van der Waals surface area contributed by atoms with Gasteiger partial charge in [-0.15, -0.1) is 12.4 Å². The van der Waals surface area contributed by atoms with E-state index in [4.69, 9.17) is 9.47 Å². The Morgan fingerprint density at radius 1 is 1.27 bits per heavy atom. The number of methoxy groups -OCH3 is 1. The molecule has 3 rings (SSSR count). The third kappa shape index (κ3) is 4.94. The van der Waals surface area contributed by atoms with Gasteiger partial charge in [-0.1, -0.05) is 0 Å². The van der Waals surface area contributed by atoms with E-state index in [-0.39, 0.29) is 36.8 Å². The van der Waals surface area contributed by atoms with Crippen LogP contribution in [0.1, 0.15) is 41.6 Å². The van der Waals surface area contributed by atoms with Crippen molar-refractivity contribution in [3.63, 3.8) is 0 Å². The number of benzene rings is 1. The predicted molar refractivity (Wildman–Crippen MR) is 100 cm³/mol. The molecule has 1 amide bonds. The van der Waals surface area contributed by atoms with Gasteiger partial charge in [0.2, 0.25) is 0 Å². The Morgan fingerprint density at radius 2 is 1.96 bits per heavy atom. The van der Waals surface area contributed by atoms with E-state index in [0.717, 1.165) is 12.8 Å². The Kier molecular flexibility index (Phi) is 7.83. The minimum absolute atomic E-state index is 0. The molecule has 0 spiro atoms. The van der Waals surface area contributed by atoms with Crippen LogP contribution in [0, 0.1) is 5.82 Å². The maximum absolute atomic E-state index is 14.0. The third-order valence-corrected chi connectivity index (χ3v) is 5.30. The van der Waals surface area contributed by atoms with Gasteiger partial charge in [0, 0.05) is 43.4 Å². The molecule has 1 aromatic carbocycles. The third-order valence-electron chi connectivity index (χ3n) is 5.30. The highest BCUT2D eigenvalue weighted by atomic mass is 35.5. The van der Waals surface area contributed by atoms with Crippen molar-refractivity contribution in [2.75, 3.05) is 27.4 Å². The molecule has 2 aliphatic rings. The van der Waals surface area contributed by atoms with Gasteiger partial charge < -0.3 is 19.7 Å². The predicted octanol–water partition coefficient (Wildman–Crippen LogP) is 2.77. The number of carbonyl (C=O) groups excluding carboxylic acids is 1.